The smallest absolute Gasteiger partial charge is 0.270 e. The van der Waals surface area contributed by atoms with Gasteiger partial charge in [0.05, 0.1) is 4.47 Å². The highest BCUT2D eigenvalue weighted by molar-refractivity contribution is 9.10. The van der Waals surface area contributed by atoms with Gasteiger partial charge >= 0.3 is 0 Å². The summed E-state index contributed by atoms with van der Waals surface area (Å²) in [5, 5.41) is 12.8. The molecule has 3 aromatic rings. The number of carbonyl (C=O) groups excluding carboxylic acids is 1. The quantitative estimate of drug-likeness (QED) is 0.448. The van der Waals surface area contributed by atoms with Crippen molar-refractivity contribution < 1.29 is 9.18 Å². The molecule has 0 atom stereocenters. The number of nitrogens with zero attached hydrogens (tertiary/aromatic N) is 3. The van der Waals surface area contributed by atoms with Gasteiger partial charge in [-0.15, -0.1) is 0 Å². The van der Waals surface area contributed by atoms with E-state index in [0.717, 1.165) is 25.9 Å². The maximum atomic E-state index is 14.0. The van der Waals surface area contributed by atoms with Crippen LogP contribution in [0.15, 0.2) is 59.8 Å². The number of benzene rings is 1. The van der Waals surface area contributed by atoms with Crippen molar-refractivity contribution >= 4 is 39.0 Å². The van der Waals surface area contributed by atoms with Crippen molar-refractivity contribution in [1.29, 1.82) is 0 Å². The van der Waals surface area contributed by atoms with Gasteiger partial charge in [-0.3, -0.25) is 14.9 Å². The van der Waals surface area contributed by atoms with Gasteiger partial charge in [0.25, 0.3) is 5.91 Å². The molecule has 0 radical (unpaired) electrons. The number of aromatic nitrogens is 3. The second-order valence-electron chi connectivity index (χ2n) is 7.69. The third-order valence-corrected chi connectivity index (χ3v) is 6.37. The van der Waals surface area contributed by atoms with Crippen molar-refractivity contribution in [1.82, 2.24) is 20.5 Å². The molecule has 2 aromatic heterocycles. The number of H-pyrrole nitrogens is 1. The molecule has 3 heterocycles. The van der Waals surface area contributed by atoms with Crippen LogP contribution < -0.4 is 15.5 Å². The summed E-state index contributed by atoms with van der Waals surface area (Å²) in [4.78, 5) is 19.1. The first-order chi connectivity index (χ1) is 15.5. The van der Waals surface area contributed by atoms with E-state index < -0.39 is 0 Å². The molecule has 166 valence electrons. The number of hydrogen-bond acceptors (Lipinski definition) is 5. The standard InChI is InChI=1S/C23H24BrFN6O/c1-15(18-4-2-3-5-19(18)25)28-22-20(24)21(29-30-22)23(32)27-14-16-8-12-31(13-9-16)17-6-10-26-11-7-17/h2-7,10-11,16H,1,8-9,12-14H2,(H,27,32)(H2,28,29,30). The van der Waals surface area contributed by atoms with Crippen molar-refractivity contribution in [2.24, 2.45) is 5.92 Å². The fourth-order valence-electron chi connectivity index (χ4n) is 3.75. The Morgan fingerprint density at radius 2 is 1.94 bits per heavy atom. The SMILES string of the molecule is C=C(Nc1n[nH]c(C(=O)NCC2CCN(c3ccncc3)CC2)c1Br)c1ccccc1F. The highest BCUT2D eigenvalue weighted by Gasteiger charge is 2.22. The number of anilines is 2. The van der Waals surface area contributed by atoms with Crippen LogP contribution in [0, 0.1) is 11.7 Å². The van der Waals surface area contributed by atoms with Crippen LogP contribution in [0.4, 0.5) is 15.9 Å². The molecule has 32 heavy (non-hydrogen) atoms. The Morgan fingerprint density at radius 3 is 2.66 bits per heavy atom. The number of nitrogens with one attached hydrogen (secondary N) is 3. The Balaban J connectivity index is 1.30. The van der Waals surface area contributed by atoms with Gasteiger partial charge in [-0.05, 0) is 59.0 Å². The largest absolute Gasteiger partial charge is 0.371 e. The molecule has 1 fully saturated rings. The van der Waals surface area contributed by atoms with Gasteiger partial charge in [0.2, 0.25) is 0 Å². The predicted molar refractivity (Wildman–Crippen MR) is 127 cm³/mol. The number of carbonyl (C=O) groups is 1. The summed E-state index contributed by atoms with van der Waals surface area (Å²) in [7, 11) is 0. The van der Waals surface area contributed by atoms with Crippen molar-refractivity contribution in [3.05, 3.63) is 76.9 Å². The first-order valence-electron chi connectivity index (χ1n) is 10.4. The van der Waals surface area contributed by atoms with E-state index in [2.05, 4.69) is 53.2 Å². The van der Waals surface area contributed by atoms with Crippen LogP contribution in [0.2, 0.25) is 0 Å². The van der Waals surface area contributed by atoms with Crippen molar-refractivity contribution in [2.45, 2.75) is 12.8 Å². The highest BCUT2D eigenvalue weighted by Crippen LogP contribution is 2.28. The van der Waals surface area contributed by atoms with E-state index in [1.54, 1.807) is 30.6 Å². The van der Waals surface area contributed by atoms with Gasteiger partial charge < -0.3 is 15.5 Å². The Labute approximate surface area is 194 Å². The lowest BCUT2D eigenvalue weighted by Crippen LogP contribution is -2.38. The van der Waals surface area contributed by atoms with Gasteiger partial charge in [-0.25, -0.2) is 4.39 Å². The third kappa shape index (κ3) is 4.99. The molecule has 3 N–H and O–H groups in total. The molecular formula is C23H24BrFN6O. The second kappa shape index (κ2) is 9.95. The molecule has 7 nitrogen and oxygen atoms in total. The zero-order valence-electron chi connectivity index (χ0n) is 17.4. The summed E-state index contributed by atoms with van der Waals surface area (Å²) in [5.41, 5.74) is 2.18. The van der Waals surface area contributed by atoms with Gasteiger partial charge in [-0.2, -0.15) is 5.10 Å². The Kier molecular flexibility index (Phi) is 6.84. The van der Waals surface area contributed by atoms with Gasteiger partial charge in [0, 0.05) is 49.0 Å². The van der Waals surface area contributed by atoms with Crippen molar-refractivity contribution in [3.8, 4) is 0 Å². The molecule has 1 aromatic carbocycles. The molecule has 0 unspecified atom stereocenters. The van der Waals surface area contributed by atoms with Crippen LogP contribution in [0.3, 0.4) is 0 Å². The summed E-state index contributed by atoms with van der Waals surface area (Å²) in [5.74, 6) is 0.154. The summed E-state index contributed by atoms with van der Waals surface area (Å²) >= 11 is 3.41. The van der Waals surface area contributed by atoms with Crippen molar-refractivity contribution in [2.75, 3.05) is 29.9 Å². The fourth-order valence-corrected chi connectivity index (χ4v) is 4.21. The Morgan fingerprint density at radius 1 is 1.22 bits per heavy atom. The van der Waals surface area contributed by atoms with Gasteiger partial charge in [0.15, 0.2) is 5.82 Å². The summed E-state index contributed by atoms with van der Waals surface area (Å²) < 4.78 is 14.4. The second-order valence-corrected chi connectivity index (χ2v) is 8.48. The molecule has 1 saturated heterocycles. The molecule has 1 aliphatic rings. The average molecular weight is 499 g/mol. The number of amides is 1. The van der Waals surface area contributed by atoms with Crippen LogP contribution >= 0.6 is 15.9 Å². The van der Waals surface area contributed by atoms with E-state index in [9.17, 15) is 9.18 Å². The minimum atomic E-state index is -0.385. The summed E-state index contributed by atoms with van der Waals surface area (Å²) in [6.07, 6.45) is 5.61. The van der Waals surface area contributed by atoms with E-state index in [1.165, 1.54) is 11.8 Å². The number of halogens is 2. The van der Waals surface area contributed by atoms with Crippen LogP contribution in [-0.4, -0.2) is 40.7 Å². The number of pyridine rings is 1. The van der Waals surface area contributed by atoms with Crippen LogP contribution in [0.5, 0.6) is 0 Å². The molecule has 0 spiro atoms. The Hall–Kier alpha value is -3.20. The minimum Gasteiger partial charge on any atom is -0.371 e. The lowest BCUT2D eigenvalue weighted by Gasteiger charge is -2.33. The zero-order chi connectivity index (χ0) is 22.5. The Bertz CT molecular complexity index is 1090. The monoisotopic (exact) mass is 498 g/mol. The molecule has 1 amide bonds. The van der Waals surface area contributed by atoms with Crippen LogP contribution in [0.1, 0.15) is 28.9 Å². The normalized spacial score (nSPS) is 14.2. The first kappa shape index (κ1) is 22.0. The third-order valence-electron chi connectivity index (χ3n) is 5.60. The first-order valence-corrected chi connectivity index (χ1v) is 11.2. The van der Waals surface area contributed by atoms with E-state index in [-0.39, 0.29) is 11.7 Å². The summed E-state index contributed by atoms with van der Waals surface area (Å²) in [6, 6.07) is 10.4. The van der Waals surface area contributed by atoms with E-state index in [1.807, 2.05) is 12.1 Å². The zero-order valence-corrected chi connectivity index (χ0v) is 19.0. The number of piperidine rings is 1. The maximum absolute atomic E-state index is 14.0. The van der Waals surface area contributed by atoms with Gasteiger partial charge in [-0.1, -0.05) is 18.7 Å². The minimum absolute atomic E-state index is 0.245. The molecule has 1 aliphatic heterocycles. The predicted octanol–water partition coefficient (Wildman–Crippen LogP) is 4.44. The molecular weight excluding hydrogens is 475 g/mol. The molecule has 4 rings (SSSR count). The van der Waals surface area contributed by atoms with Crippen LogP contribution in [0.25, 0.3) is 5.70 Å². The number of hydrogen-bond donors (Lipinski definition) is 3. The number of rotatable bonds is 7. The lowest BCUT2D eigenvalue weighted by molar-refractivity contribution is 0.0939. The van der Waals surface area contributed by atoms with Gasteiger partial charge in [0.1, 0.15) is 11.5 Å². The molecule has 9 heteroatoms. The van der Waals surface area contributed by atoms with E-state index >= 15 is 0 Å². The lowest BCUT2D eigenvalue weighted by atomic mass is 9.96. The van der Waals surface area contributed by atoms with E-state index in [4.69, 9.17) is 0 Å². The summed E-state index contributed by atoms with van der Waals surface area (Å²) in [6.45, 7) is 6.36. The topological polar surface area (TPSA) is 85.9 Å². The highest BCUT2D eigenvalue weighted by atomic mass is 79.9. The molecule has 0 aliphatic carbocycles. The average Bonchev–Trinajstić information content (AvgIpc) is 3.18. The van der Waals surface area contributed by atoms with Crippen LogP contribution in [-0.2, 0) is 0 Å². The molecule has 0 bridgehead atoms. The maximum Gasteiger partial charge on any atom is 0.270 e. The number of aromatic amines is 1. The van der Waals surface area contributed by atoms with Crippen molar-refractivity contribution in [3.63, 3.8) is 0 Å². The van der Waals surface area contributed by atoms with E-state index in [0.29, 0.717) is 39.7 Å². The molecule has 0 saturated carbocycles. The fraction of sp³-hybridized carbons (Fsp3) is 0.261.